The van der Waals surface area contributed by atoms with Crippen molar-refractivity contribution in [2.45, 2.75) is 19.1 Å². The van der Waals surface area contributed by atoms with Gasteiger partial charge in [0.05, 0.1) is 0 Å². The Kier molecular flexibility index (Phi) is 2.79. The van der Waals surface area contributed by atoms with Crippen molar-refractivity contribution >= 4 is 12.0 Å². The van der Waals surface area contributed by atoms with Gasteiger partial charge in [-0.1, -0.05) is 18.2 Å². The lowest BCUT2D eigenvalue weighted by molar-refractivity contribution is -0.113. The van der Waals surface area contributed by atoms with E-state index in [-0.39, 0.29) is 12.8 Å². The average Bonchev–Trinajstić information content (AvgIpc) is 2.26. The summed E-state index contributed by atoms with van der Waals surface area (Å²) in [7, 11) is 0. The Morgan fingerprint density at radius 3 is 3.21 bits per heavy atom. The summed E-state index contributed by atoms with van der Waals surface area (Å²) in [6, 6.07) is 8.17. The van der Waals surface area contributed by atoms with Crippen LogP contribution in [-0.2, 0) is 16.0 Å². The van der Waals surface area contributed by atoms with Gasteiger partial charge in [-0.05, 0) is 24.5 Å². The molecule has 0 saturated carbocycles. The third-order valence-corrected chi connectivity index (χ3v) is 2.38. The number of fused-ring (bicyclic) bond motifs is 1. The van der Waals surface area contributed by atoms with Crippen molar-refractivity contribution in [1.82, 2.24) is 0 Å². The second kappa shape index (κ2) is 4.24. The zero-order valence-electron chi connectivity index (χ0n) is 7.90. The number of nitrogens with one attached hydrogen (secondary N) is 1. The van der Waals surface area contributed by atoms with Gasteiger partial charge in [0.2, 0.25) is 0 Å². The zero-order chi connectivity index (χ0) is 9.80. The molecule has 0 bridgehead atoms. The van der Waals surface area contributed by atoms with Crippen molar-refractivity contribution in [1.29, 1.82) is 0 Å². The Hall–Kier alpha value is -1.35. The summed E-state index contributed by atoms with van der Waals surface area (Å²) in [5, 5.41) is 3.25. The third kappa shape index (κ3) is 1.93. The van der Waals surface area contributed by atoms with Gasteiger partial charge in [-0.2, -0.15) is 0 Å². The molecule has 1 unspecified atom stereocenters. The lowest BCUT2D eigenvalue weighted by atomic mass is 10.0. The standard InChI is InChI=1S/C11H13NO2/c13-7-8-14-11-6-5-9-3-1-2-4-10(9)12-11/h1-4,7,11-12H,5-6,8H2. The van der Waals surface area contributed by atoms with Crippen molar-refractivity contribution in [2.75, 3.05) is 11.9 Å². The van der Waals surface area contributed by atoms with Gasteiger partial charge in [0, 0.05) is 5.69 Å². The van der Waals surface area contributed by atoms with Crippen LogP contribution in [0.3, 0.4) is 0 Å². The number of rotatable bonds is 3. The second-order valence-electron chi connectivity index (χ2n) is 3.33. The van der Waals surface area contributed by atoms with E-state index in [0.29, 0.717) is 0 Å². The van der Waals surface area contributed by atoms with E-state index >= 15 is 0 Å². The average molecular weight is 191 g/mol. The number of hydrogen-bond donors (Lipinski definition) is 1. The molecule has 2 rings (SSSR count). The van der Waals surface area contributed by atoms with Crippen LogP contribution in [0.25, 0.3) is 0 Å². The monoisotopic (exact) mass is 191 g/mol. The topological polar surface area (TPSA) is 38.3 Å². The molecule has 0 amide bonds. The van der Waals surface area contributed by atoms with E-state index in [2.05, 4.69) is 11.4 Å². The summed E-state index contributed by atoms with van der Waals surface area (Å²) in [4.78, 5) is 10.1. The molecule has 0 spiro atoms. The van der Waals surface area contributed by atoms with Crippen LogP contribution >= 0.6 is 0 Å². The molecule has 3 heteroatoms. The van der Waals surface area contributed by atoms with E-state index in [9.17, 15) is 4.79 Å². The number of para-hydroxylation sites is 1. The Morgan fingerprint density at radius 1 is 1.50 bits per heavy atom. The lowest BCUT2D eigenvalue weighted by Gasteiger charge is -2.26. The van der Waals surface area contributed by atoms with E-state index in [0.717, 1.165) is 24.8 Å². The number of anilines is 1. The molecular formula is C11H13NO2. The molecule has 0 aliphatic carbocycles. The molecule has 0 fully saturated rings. The smallest absolute Gasteiger partial charge is 0.145 e. The highest BCUT2D eigenvalue weighted by Crippen LogP contribution is 2.24. The summed E-state index contributed by atoms with van der Waals surface area (Å²) in [5.41, 5.74) is 2.44. The highest BCUT2D eigenvalue weighted by atomic mass is 16.5. The fourth-order valence-electron chi connectivity index (χ4n) is 1.69. The van der Waals surface area contributed by atoms with Crippen LogP contribution in [0.1, 0.15) is 12.0 Å². The molecular weight excluding hydrogens is 178 g/mol. The maximum Gasteiger partial charge on any atom is 0.145 e. The molecule has 3 nitrogen and oxygen atoms in total. The largest absolute Gasteiger partial charge is 0.360 e. The van der Waals surface area contributed by atoms with Gasteiger partial charge in [-0.25, -0.2) is 0 Å². The first kappa shape index (κ1) is 9.21. The summed E-state index contributed by atoms with van der Waals surface area (Å²) in [6.07, 6.45) is 2.69. The first-order valence-corrected chi connectivity index (χ1v) is 4.80. The number of carbonyl (C=O) groups excluding carboxylic acids is 1. The predicted molar refractivity (Wildman–Crippen MR) is 54.2 cm³/mol. The fraction of sp³-hybridized carbons (Fsp3) is 0.364. The van der Waals surface area contributed by atoms with E-state index in [1.165, 1.54) is 5.56 Å². The summed E-state index contributed by atoms with van der Waals surface area (Å²) >= 11 is 0. The summed E-state index contributed by atoms with van der Waals surface area (Å²) < 4.78 is 5.31. The van der Waals surface area contributed by atoms with Gasteiger partial charge in [-0.15, -0.1) is 0 Å². The Bertz CT molecular complexity index is 325. The number of aldehydes is 1. The third-order valence-electron chi connectivity index (χ3n) is 2.38. The van der Waals surface area contributed by atoms with Crippen molar-refractivity contribution in [3.8, 4) is 0 Å². The van der Waals surface area contributed by atoms with Crippen molar-refractivity contribution in [2.24, 2.45) is 0 Å². The van der Waals surface area contributed by atoms with Crippen LogP contribution in [0.15, 0.2) is 24.3 Å². The number of carbonyl (C=O) groups is 1. The van der Waals surface area contributed by atoms with Crippen LogP contribution in [0.5, 0.6) is 0 Å². The van der Waals surface area contributed by atoms with E-state index in [4.69, 9.17) is 4.74 Å². The first-order valence-electron chi connectivity index (χ1n) is 4.80. The van der Waals surface area contributed by atoms with Crippen molar-refractivity contribution in [3.63, 3.8) is 0 Å². The Balaban J connectivity index is 2.02. The van der Waals surface area contributed by atoms with Crippen LogP contribution in [-0.4, -0.2) is 19.1 Å². The number of hydrogen-bond acceptors (Lipinski definition) is 3. The molecule has 14 heavy (non-hydrogen) atoms. The van der Waals surface area contributed by atoms with Crippen molar-refractivity contribution in [3.05, 3.63) is 29.8 Å². The quantitative estimate of drug-likeness (QED) is 0.737. The molecule has 1 aromatic carbocycles. The van der Waals surface area contributed by atoms with E-state index in [1.54, 1.807) is 0 Å². The van der Waals surface area contributed by atoms with Gasteiger partial charge in [0.15, 0.2) is 0 Å². The SMILES string of the molecule is O=CCOC1CCc2ccccc2N1. The predicted octanol–water partition coefficient (Wildman–Crippen LogP) is 1.59. The van der Waals surface area contributed by atoms with Crippen LogP contribution in [0.2, 0.25) is 0 Å². The van der Waals surface area contributed by atoms with E-state index < -0.39 is 0 Å². The van der Waals surface area contributed by atoms with Gasteiger partial charge >= 0.3 is 0 Å². The molecule has 74 valence electrons. The molecule has 0 aromatic heterocycles. The van der Waals surface area contributed by atoms with Crippen LogP contribution in [0, 0.1) is 0 Å². The minimum Gasteiger partial charge on any atom is -0.360 e. The molecule has 1 N–H and O–H groups in total. The molecule has 1 aromatic rings. The highest BCUT2D eigenvalue weighted by Gasteiger charge is 2.16. The normalized spacial score (nSPS) is 19.6. The maximum atomic E-state index is 10.1. The van der Waals surface area contributed by atoms with E-state index in [1.807, 2.05) is 18.2 Å². The minimum atomic E-state index is -0.0184. The molecule has 0 saturated heterocycles. The molecule has 1 heterocycles. The maximum absolute atomic E-state index is 10.1. The number of aryl methyl sites for hydroxylation is 1. The summed E-state index contributed by atoms with van der Waals surface area (Å²) in [6.45, 7) is 0.167. The van der Waals surface area contributed by atoms with Crippen molar-refractivity contribution < 1.29 is 9.53 Å². The molecule has 1 atom stereocenters. The zero-order valence-corrected chi connectivity index (χ0v) is 7.90. The van der Waals surface area contributed by atoms with Crippen LogP contribution < -0.4 is 5.32 Å². The van der Waals surface area contributed by atoms with Gasteiger partial charge in [-0.3, -0.25) is 0 Å². The fourth-order valence-corrected chi connectivity index (χ4v) is 1.69. The Labute approximate surface area is 83.1 Å². The minimum absolute atomic E-state index is 0.0184. The Morgan fingerprint density at radius 2 is 2.36 bits per heavy atom. The number of benzene rings is 1. The van der Waals surface area contributed by atoms with Gasteiger partial charge < -0.3 is 14.8 Å². The summed E-state index contributed by atoms with van der Waals surface area (Å²) in [5.74, 6) is 0. The first-order chi connectivity index (χ1) is 6.90. The molecule has 1 aliphatic heterocycles. The van der Waals surface area contributed by atoms with Gasteiger partial charge in [0.1, 0.15) is 19.1 Å². The second-order valence-corrected chi connectivity index (χ2v) is 3.33. The number of ether oxygens (including phenoxy) is 1. The molecule has 0 radical (unpaired) electrons. The molecule has 1 aliphatic rings. The lowest BCUT2D eigenvalue weighted by Crippen LogP contribution is -2.28. The highest BCUT2D eigenvalue weighted by molar-refractivity contribution is 5.54. The van der Waals surface area contributed by atoms with Crippen LogP contribution in [0.4, 0.5) is 5.69 Å². The van der Waals surface area contributed by atoms with Gasteiger partial charge in [0.25, 0.3) is 0 Å².